The molecule has 0 aromatic rings. The van der Waals surface area contributed by atoms with E-state index in [-0.39, 0.29) is 5.92 Å². The fraction of sp³-hybridized carbons (Fsp3) is 1.00. The van der Waals surface area contributed by atoms with Crippen molar-refractivity contribution in [3.05, 3.63) is 0 Å². The number of hydrogen-bond acceptors (Lipinski definition) is 2. The molecule has 1 spiro atoms. The van der Waals surface area contributed by atoms with Crippen molar-refractivity contribution in [3.63, 3.8) is 0 Å². The highest BCUT2D eigenvalue weighted by Gasteiger charge is 2.46. The highest BCUT2D eigenvalue weighted by atomic mass is 19.4. The van der Waals surface area contributed by atoms with Gasteiger partial charge in [0, 0.05) is 19.3 Å². The van der Waals surface area contributed by atoms with Gasteiger partial charge in [0.1, 0.15) is 0 Å². The highest BCUT2D eigenvalue weighted by Crippen LogP contribution is 2.44. The molecule has 2 aliphatic rings. The van der Waals surface area contributed by atoms with Gasteiger partial charge in [-0.25, -0.2) is 0 Å². The maximum atomic E-state index is 12.1. The van der Waals surface area contributed by atoms with Crippen LogP contribution in [-0.2, 0) is 9.47 Å². The molecule has 5 heteroatoms. The fourth-order valence-electron chi connectivity index (χ4n) is 2.33. The molecule has 1 saturated carbocycles. The first-order valence-corrected chi connectivity index (χ1v) is 4.84. The molecule has 2 fully saturated rings. The standard InChI is InChI=1S/C9H13F3O2/c10-9(11,12)6-7-1-2-8(5-7)13-3-4-14-8/h7H,1-6H2. The van der Waals surface area contributed by atoms with E-state index in [1.807, 2.05) is 0 Å². The Hall–Kier alpha value is -0.290. The van der Waals surface area contributed by atoms with Gasteiger partial charge >= 0.3 is 6.18 Å². The largest absolute Gasteiger partial charge is 0.389 e. The van der Waals surface area contributed by atoms with Gasteiger partial charge in [-0.1, -0.05) is 0 Å². The molecule has 0 N–H and O–H groups in total. The maximum Gasteiger partial charge on any atom is 0.389 e. The summed E-state index contributed by atoms with van der Waals surface area (Å²) in [6.45, 7) is 1.03. The van der Waals surface area contributed by atoms with Crippen LogP contribution >= 0.6 is 0 Å². The molecule has 1 saturated heterocycles. The lowest BCUT2D eigenvalue weighted by Crippen LogP contribution is -2.26. The lowest BCUT2D eigenvalue weighted by Gasteiger charge is -2.21. The first kappa shape index (κ1) is 10.2. The van der Waals surface area contributed by atoms with Crippen LogP contribution in [0.5, 0.6) is 0 Å². The van der Waals surface area contributed by atoms with E-state index in [2.05, 4.69) is 0 Å². The first-order chi connectivity index (χ1) is 6.49. The molecular weight excluding hydrogens is 197 g/mol. The van der Waals surface area contributed by atoms with Crippen LogP contribution < -0.4 is 0 Å². The van der Waals surface area contributed by atoms with E-state index in [9.17, 15) is 13.2 Å². The summed E-state index contributed by atoms with van der Waals surface area (Å²) in [6.07, 6.45) is -3.21. The van der Waals surface area contributed by atoms with Crippen molar-refractivity contribution in [1.29, 1.82) is 0 Å². The predicted molar refractivity (Wildman–Crippen MR) is 42.6 cm³/mol. The minimum absolute atomic E-state index is 0.326. The van der Waals surface area contributed by atoms with Crippen molar-refractivity contribution in [2.24, 2.45) is 5.92 Å². The Morgan fingerprint density at radius 1 is 1.21 bits per heavy atom. The second kappa shape index (κ2) is 3.38. The summed E-state index contributed by atoms with van der Waals surface area (Å²) in [7, 11) is 0. The first-order valence-electron chi connectivity index (χ1n) is 4.84. The van der Waals surface area contributed by atoms with E-state index in [1.54, 1.807) is 0 Å². The molecule has 1 unspecified atom stereocenters. The number of rotatable bonds is 1. The Labute approximate surface area is 80.4 Å². The van der Waals surface area contributed by atoms with Gasteiger partial charge in [0.25, 0.3) is 0 Å². The van der Waals surface area contributed by atoms with E-state index in [0.29, 0.717) is 32.5 Å². The van der Waals surface area contributed by atoms with Crippen molar-refractivity contribution >= 4 is 0 Å². The van der Waals surface area contributed by atoms with Crippen LogP contribution in [0.3, 0.4) is 0 Å². The number of hydrogen-bond donors (Lipinski definition) is 0. The third kappa shape index (κ3) is 2.20. The van der Waals surface area contributed by atoms with Gasteiger partial charge in [-0.3, -0.25) is 0 Å². The molecule has 0 radical (unpaired) electrons. The average molecular weight is 210 g/mol. The van der Waals surface area contributed by atoms with Gasteiger partial charge in [-0.05, 0) is 12.3 Å². The Morgan fingerprint density at radius 3 is 2.43 bits per heavy atom. The molecule has 2 rings (SSSR count). The number of ether oxygens (including phenoxy) is 2. The quantitative estimate of drug-likeness (QED) is 0.662. The van der Waals surface area contributed by atoms with Crippen molar-refractivity contribution in [2.45, 2.75) is 37.6 Å². The third-order valence-electron chi connectivity index (χ3n) is 2.87. The summed E-state index contributed by atoms with van der Waals surface area (Å²) in [5.41, 5.74) is 0. The molecule has 0 amide bonds. The van der Waals surface area contributed by atoms with Gasteiger partial charge < -0.3 is 9.47 Å². The zero-order valence-electron chi connectivity index (χ0n) is 7.77. The van der Waals surface area contributed by atoms with Crippen LogP contribution in [0.2, 0.25) is 0 Å². The number of halogens is 3. The van der Waals surface area contributed by atoms with E-state index in [1.165, 1.54) is 0 Å². The normalized spacial score (nSPS) is 31.5. The fourth-order valence-corrected chi connectivity index (χ4v) is 2.33. The molecule has 0 aromatic carbocycles. The molecule has 0 aromatic heterocycles. The van der Waals surface area contributed by atoms with Crippen LogP contribution in [0, 0.1) is 5.92 Å². The Balaban J connectivity index is 1.88. The Bertz CT molecular complexity index is 209. The van der Waals surface area contributed by atoms with E-state index in [0.717, 1.165) is 0 Å². The third-order valence-corrected chi connectivity index (χ3v) is 2.87. The van der Waals surface area contributed by atoms with Crippen molar-refractivity contribution in [1.82, 2.24) is 0 Å². The summed E-state index contributed by atoms with van der Waals surface area (Å²) in [5, 5.41) is 0. The minimum Gasteiger partial charge on any atom is -0.348 e. The van der Waals surface area contributed by atoms with Gasteiger partial charge in [0.05, 0.1) is 13.2 Å². The SMILES string of the molecule is FC(F)(F)CC1CCC2(C1)OCCO2. The van der Waals surface area contributed by atoms with Crippen LogP contribution in [0.4, 0.5) is 13.2 Å². The molecule has 1 aliphatic heterocycles. The lowest BCUT2D eigenvalue weighted by molar-refractivity contribution is -0.164. The van der Waals surface area contributed by atoms with E-state index >= 15 is 0 Å². The molecule has 1 atom stereocenters. The Morgan fingerprint density at radius 2 is 1.86 bits per heavy atom. The lowest BCUT2D eigenvalue weighted by atomic mass is 10.0. The summed E-state index contributed by atoms with van der Waals surface area (Å²) in [6, 6.07) is 0. The molecule has 1 heterocycles. The smallest absolute Gasteiger partial charge is 0.348 e. The molecule has 14 heavy (non-hydrogen) atoms. The van der Waals surface area contributed by atoms with Crippen molar-refractivity contribution in [2.75, 3.05) is 13.2 Å². The van der Waals surface area contributed by atoms with Gasteiger partial charge in [0.2, 0.25) is 0 Å². The van der Waals surface area contributed by atoms with Gasteiger partial charge in [0.15, 0.2) is 5.79 Å². The minimum atomic E-state index is -4.06. The number of alkyl halides is 3. The molecule has 0 bridgehead atoms. The highest BCUT2D eigenvalue weighted by molar-refractivity contribution is 4.86. The molecule has 1 aliphatic carbocycles. The average Bonchev–Trinajstić information content (AvgIpc) is 2.60. The second-order valence-electron chi connectivity index (χ2n) is 4.04. The monoisotopic (exact) mass is 210 g/mol. The zero-order chi connectivity index (χ0) is 10.2. The van der Waals surface area contributed by atoms with Crippen LogP contribution in [0.1, 0.15) is 25.7 Å². The Kier molecular flexibility index (Phi) is 2.47. The topological polar surface area (TPSA) is 18.5 Å². The van der Waals surface area contributed by atoms with Crippen molar-refractivity contribution < 1.29 is 22.6 Å². The van der Waals surface area contributed by atoms with Crippen molar-refractivity contribution in [3.8, 4) is 0 Å². The molecular formula is C9H13F3O2. The second-order valence-corrected chi connectivity index (χ2v) is 4.04. The van der Waals surface area contributed by atoms with Crippen LogP contribution in [0.15, 0.2) is 0 Å². The van der Waals surface area contributed by atoms with E-state index < -0.39 is 18.4 Å². The van der Waals surface area contributed by atoms with Gasteiger partial charge in [-0.2, -0.15) is 13.2 Å². The molecule has 82 valence electrons. The van der Waals surface area contributed by atoms with Crippen LogP contribution in [-0.4, -0.2) is 25.2 Å². The molecule has 2 nitrogen and oxygen atoms in total. The summed E-state index contributed by atoms with van der Waals surface area (Å²) < 4.78 is 47.0. The zero-order valence-corrected chi connectivity index (χ0v) is 7.77. The predicted octanol–water partition coefficient (Wildman–Crippen LogP) is 2.48. The summed E-state index contributed by atoms with van der Waals surface area (Å²) in [5.74, 6) is -0.997. The maximum absolute atomic E-state index is 12.1. The summed E-state index contributed by atoms with van der Waals surface area (Å²) >= 11 is 0. The van der Waals surface area contributed by atoms with E-state index in [4.69, 9.17) is 9.47 Å². The van der Waals surface area contributed by atoms with Gasteiger partial charge in [-0.15, -0.1) is 0 Å². The summed E-state index contributed by atoms with van der Waals surface area (Å²) in [4.78, 5) is 0. The van der Waals surface area contributed by atoms with Crippen LogP contribution in [0.25, 0.3) is 0 Å².